The number of likely N-dealkylation sites (N-methyl/N-ethyl adjacent to an activating group) is 1. The summed E-state index contributed by atoms with van der Waals surface area (Å²) in [5.41, 5.74) is 0. The molecule has 1 heterocycles. The smallest absolute Gasteiger partial charge is 0.236 e. The van der Waals surface area contributed by atoms with Gasteiger partial charge in [-0.1, -0.05) is 13.8 Å². The topological polar surface area (TPSA) is 32.3 Å². The summed E-state index contributed by atoms with van der Waals surface area (Å²) in [6.45, 7) is 6.75. The van der Waals surface area contributed by atoms with Crippen molar-refractivity contribution in [3.63, 3.8) is 0 Å². The third kappa shape index (κ3) is 3.17. The highest BCUT2D eigenvalue weighted by Gasteiger charge is 2.25. The SMILES string of the molecule is CNCC(=O)N1CCSC(C(C)C)C1. The van der Waals surface area contributed by atoms with Gasteiger partial charge in [0.15, 0.2) is 0 Å². The molecule has 1 atom stereocenters. The van der Waals surface area contributed by atoms with E-state index in [0.717, 1.165) is 18.8 Å². The van der Waals surface area contributed by atoms with Gasteiger partial charge in [0.2, 0.25) is 5.91 Å². The van der Waals surface area contributed by atoms with E-state index < -0.39 is 0 Å². The molecule has 1 saturated heterocycles. The van der Waals surface area contributed by atoms with E-state index in [9.17, 15) is 4.79 Å². The lowest BCUT2D eigenvalue weighted by molar-refractivity contribution is -0.130. The third-order valence-corrected chi connectivity index (χ3v) is 4.06. The number of nitrogens with zero attached hydrogens (tertiary/aromatic N) is 1. The van der Waals surface area contributed by atoms with E-state index in [2.05, 4.69) is 19.2 Å². The van der Waals surface area contributed by atoms with Crippen molar-refractivity contribution in [3.8, 4) is 0 Å². The zero-order valence-electron chi connectivity index (χ0n) is 9.25. The molecular formula is C10H20N2OS. The first-order chi connectivity index (χ1) is 6.65. The molecular weight excluding hydrogens is 196 g/mol. The van der Waals surface area contributed by atoms with Crippen molar-refractivity contribution in [2.45, 2.75) is 19.1 Å². The van der Waals surface area contributed by atoms with Gasteiger partial charge in [-0.25, -0.2) is 0 Å². The average Bonchev–Trinajstić information content (AvgIpc) is 2.18. The van der Waals surface area contributed by atoms with Crippen molar-refractivity contribution in [2.24, 2.45) is 5.92 Å². The quantitative estimate of drug-likeness (QED) is 0.757. The number of carbonyl (C=O) groups is 1. The minimum Gasteiger partial charge on any atom is -0.340 e. The Kier molecular flexibility index (Phi) is 4.75. The first-order valence-electron chi connectivity index (χ1n) is 5.19. The predicted molar refractivity (Wildman–Crippen MR) is 61.6 cm³/mol. The maximum absolute atomic E-state index is 11.6. The monoisotopic (exact) mass is 216 g/mol. The summed E-state index contributed by atoms with van der Waals surface area (Å²) in [5, 5.41) is 3.53. The minimum absolute atomic E-state index is 0.235. The van der Waals surface area contributed by atoms with E-state index in [4.69, 9.17) is 0 Å². The van der Waals surface area contributed by atoms with Gasteiger partial charge in [-0.2, -0.15) is 11.8 Å². The van der Waals surface area contributed by atoms with Crippen LogP contribution in [0.2, 0.25) is 0 Å². The van der Waals surface area contributed by atoms with Crippen LogP contribution in [0, 0.1) is 5.92 Å². The second-order valence-corrected chi connectivity index (χ2v) is 5.37. The molecule has 0 radical (unpaired) electrons. The van der Waals surface area contributed by atoms with Crippen molar-refractivity contribution < 1.29 is 4.79 Å². The molecule has 1 N–H and O–H groups in total. The second kappa shape index (κ2) is 5.61. The van der Waals surface area contributed by atoms with Crippen LogP contribution in [0.3, 0.4) is 0 Å². The van der Waals surface area contributed by atoms with Gasteiger partial charge in [0, 0.05) is 24.1 Å². The normalized spacial score (nSPS) is 22.9. The fraction of sp³-hybridized carbons (Fsp3) is 0.900. The number of amides is 1. The maximum atomic E-state index is 11.6. The first kappa shape index (κ1) is 11.9. The highest BCUT2D eigenvalue weighted by molar-refractivity contribution is 8.00. The van der Waals surface area contributed by atoms with E-state index in [1.165, 1.54) is 0 Å². The standard InChI is InChI=1S/C10H20N2OS/c1-8(2)9-7-12(4-5-14-9)10(13)6-11-3/h8-9,11H,4-7H2,1-3H3. The van der Waals surface area contributed by atoms with Gasteiger partial charge in [-0.05, 0) is 13.0 Å². The van der Waals surface area contributed by atoms with Gasteiger partial charge in [0.25, 0.3) is 0 Å². The fourth-order valence-corrected chi connectivity index (χ4v) is 2.87. The van der Waals surface area contributed by atoms with E-state index in [1.807, 2.05) is 23.7 Å². The Morgan fingerprint density at radius 2 is 2.36 bits per heavy atom. The van der Waals surface area contributed by atoms with Crippen LogP contribution in [0.25, 0.3) is 0 Å². The third-order valence-electron chi connectivity index (χ3n) is 2.52. The molecule has 0 saturated carbocycles. The summed E-state index contributed by atoms with van der Waals surface area (Å²) in [7, 11) is 1.82. The molecule has 0 bridgehead atoms. The number of hydrogen-bond donors (Lipinski definition) is 1. The molecule has 0 aromatic rings. The molecule has 1 rings (SSSR count). The maximum Gasteiger partial charge on any atom is 0.236 e. The largest absolute Gasteiger partial charge is 0.340 e. The molecule has 14 heavy (non-hydrogen) atoms. The highest BCUT2D eigenvalue weighted by Crippen LogP contribution is 2.24. The van der Waals surface area contributed by atoms with Crippen LogP contribution in [0.4, 0.5) is 0 Å². The Bertz CT molecular complexity index is 197. The summed E-state index contributed by atoms with van der Waals surface area (Å²) < 4.78 is 0. The number of hydrogen-bond acceptors (Lipinski definition) is 3. The molecule has 0 spiro atoms. The van der Waals surface area contributed by atoms with Gasteiger partial charge in [-0.15, -0.1) is 0 Å². The zero-order valence-corrected chi connectivity index (χ0v) is 10.1. The predicted octanol–water partition coefficient (Wildman–Crippen LogP) is 0.806. The molecule has 1 aliphatic heterocycles. The molecule has 0 aromatic heterocycles. The fourth-order valence-electron chi connectivity index (χ4n) is 1.57. The molecule has 1 fully saturated rings. The lowest BCUT2D eigenvalue weighted by Crippen LogP contribution is -2.46. The van der Waals surface area contributed by atoms with Crippen LogP contribution >= 0.6 is 11.8 Å². The number of nitrogens with one attached hydrogen (secondary N) is 1. The van der Waals surface area contributed by atoms with Gasteiger partial charge in [-0.3, -0.25) is 4.79 Å². The lowest BCUT2D eigenvalue weighted by atomic mass is 10.1. The van der Waals surface area contributed by atoms with Crippen LogP contribution in [-0.2, 0) is 4.79 Å². The molecule has 0 aromatic carbocycles. The van der Waals surface area contributed by atoms with E-state index >= 15 is 0 Å². The summed E-state index contributed by atoms with van der Waals surface area (Å²) in [6, 6.07) is 0. The average molecular weight is 216 g/mol. The van der Waals surface area contributed by atoms with Crippen LogP contribution < -0.4 is 5.32 Å². The number of thioether (sulfide) groups is 1. The van der Waals surface area contributed by atoms with Crippen molar-refractivity contribution in [1.29, 1.82) is 0 Å². The minimum atomic E-state index is 0.235. The number of rotatable bonds is 3. The van der Waals surface area contributed by atoms with Gasteiger partial charge in [0.1, 0.15) is 0 Å². The van der Waals surface area contributed by atoms with Gasteiger partial charge in [0.05, 0.1) is 6.54 Å². The molecule has 4 heteroatoms. The van der Waals surface area contributed by atoms with Crippen LogP contribution in [0.1, 0.15) is 13.8 Å². The summed E-state index contributed by atoms with van der Waals surface area (Å²) in [4.78, 5) is 13.6. The van der Waals surface area contributed by atoms with E-state index in [0.29, 0.717) is 17.7 Å². The van der Waals surface area contributed by atoms with Gasteiger partial charge >= 0.3 is 0 Å². The van der Waals surface area contributed by atoms with Crippen LogP contribution in [0.5, 0.6) is 0 Å². The summed E-state index contributed by atoms with van der Waals surface area (Å²) in [5.74, 6) is 1.97. The molecule has 1 aliphatic rings. The van der Waals surface area contributed by atoms with Crippen molar-refractivity contribution in [3.05, 3.63) is 0 Å². The molecule has 0 aliphatic carbocycles. The van der Waals surface area contributed by atoms with Crippen LogP contribution in [-0.4, -0.2) is 48.5 Å². The Morgan fingerprint density at radius 3 is 2.93 bits per heavy atom. The summed E-state index contributed by atoms with van der Waals surface area (Å²) >= 11 is 2.00. The van der Waals surface area contributed by atoms with Crippen LogP contribution in [0.15, 0.2) is 0 Å². The Hall–Kier alpha value is -0.220. The first-order valence-corrected chi connectivity index (χ1v) is 6.24. The van der Waals surface area contributed by atoms with Crippen molar-refractivity contribution >= 4 is 17.7 Å². The highest BCUT2D eigenvalue weighted by atomic mass is 32.2. The van der Waals surface area contributed by atoms with Crippen molar-refractivity contribution in [2.75, 3.05) is 32.4 Å². The van der Waals surface area contributed by atoms with E-state index in [-0.39, 0.29) is 5.91 Å². The molecule has 82 valence electrons. The lowest BCUT2D eigenvalue weighted by Gasteiger charge is -2.34. The molecule has 1 unspecified atom stereocenters. The Balaban J connectivity index is 2.43. The van der Waals surface area contributed by atoms with E-state index in [1.54, 1.807) is 0 Å². The van der Waals surface area contributed by atoms with Gasteiger partial charge < -0.3 is 10.2 Å². The van der Waals surface area contributed by atoms with Crippen molar-refractivity contribution in [1.82, 2.24) is 10.2 Å². The second-order valence-electron chi connectivity index (χ2n) is 4.02. The zero-order chi connectivity index (χ0) is 10.6. The number of carbonyl (C=O) groups excluding carboxylic acids is 1. The summed E-state index contributed by atoms with van der Waals surface area (Å²) in [6.07, 6.45) is 0. The molecule has 3 nitrogen and oxygen atoms in total. The Labute approximate surface area is 90.6 Å². The molecule has 1 amide bonds. The Morgan fingerprint density at radius 1 is 1.64 bits per heavy atom.